The van der Waals surface area contributed by atoms with Crippen LogP contribution in [0.25, 0.3) is 0 Å². The largest absolute Gasteiger partial charge is 0.339 e. The van der Waals surface area contributed by atoms with Crippen LogP contribution in [-0.2, 0) is 6.54 Å². The highest BCUT2D eigenvalue weighted by atomic mass is 16.2. The number of para-hydroxylation sites is 1. The van der Waals surface area contributed by atoms with E-state index in [9.17, 15) is 4.79 Å². The van der Waals surface area contributed by atoms with Crippen molar-refractivity contribution in [1.82, 2.24) is 24.7 Å². The minimum Gasteiger partial charge on any atom is -0.339 e. The van der Waals surface area contributed by atoms with Gasteiger partial charge < -0.3 is 20.4 Å². The number of carbonyl (C=O) groups excluding carboxylic acids is 1. The molecule has 2 saturated heterocycles. The Bertz CT molecular complexity index is 1180. The Balaban J connectivity index is 1.26. The third-order valence-electron chi connectivity index (χ3n) is 6.99. The fourth-order valence-corrected chi connectivity index (χ4v) is 4.71. The van der Waals surface area contributed by atoms with Gasteiger partial charge >= 0.3 is 0 Å². The highest BCUT2D eigenvalue weighted by Crippen LogP contribution is 2.26. The monoisotopic (exact) mass is 485 g/mol. The minimum absolute atomic E-state index is 0.0670. The zero-order chi connectivity index (χ0) is 24.9. The molecule has 2 aliphatic heterocycles. The van der Waals surface area contributed by atoms with Gasteiger partial charge in [-0.15, -0.1) is 0 Å². The van der Waals surface area contributed by atoms with Gasteiger partial charge in [-0.1, -0.05) is 24.3 Å². The predicted octanol–water partition coefficient (Wildman–Crippen LogP) is 4.26. The van der Waals surface area contributed by atoms with Crippen LogP contribution >= 0.6 is 0 Å². The van der Waals surface area contributed by atoms with Crippen molar-refractivity contribution in [3.05, 3.63) is 71.4 Å². The summed E-state index contributed by atoms with van der Waals surface area (Å²) in [6, 6.07) is 16.1. The summed E-state index contributed by atoms with van der Waals surface area (Å²) < 4.78 is 0. The molecule has 188 valence electrons. The van der Waals surface area contributed by atoms with E-state index in [2.05, 4.69) is 56.7 Å². The number of amides is 1. The molecule has 0 spiro atoms. The second-order valence-electron chi connectivity index (χ2n) is 9.80. The van der Waals surface area contributed by atoms with Gasteiger partial charge in [-0.3, -0.25) is 9.69 Å². The van der Waals surface area contributed by atoms with Crippen LogP contribution < -0.4 is 10.6 Å². The van der Waals surface area contributed by atoms with Gasteiger partial charge in [-0.05, 0) is 56.6 Å². The van der Waals surface area contributed by atoms with Crippen molar-refractivity contribution >= 4 is 29.0 Å². The Morgan fingerprint density at radius 2 is 1.64 bits per heavy atom. The van der Waals surface area contributed by atoms with Crippen LogP contribution in [0.5, 0.6) is 0 Å². The summed E-state index contributed by atoms with van der Waals surface area (Å²) in [6.07, 6.45) is 3.93. The van der Waals surface area contributed by atoms with E-state index in [1.807, 2.05) is 36.1 Å². The summed E-state index contributed by atoms with van der Waals surface area (Å²) in [6.45, 7) is 9.04. The van der Waals surface area contributed by atoms with Crippen LogP contribution in [0.1, 0.15) is 34.3 Å². The number of likely N-dealkylation sites (tertiary alicyclic amines) is 1. The number of benzene rings is 2. The molecule has 0 saturated carbocycles. The Morgan fingerprint density at radius 1 is 0.917 bits per heavy atom. The van der Waals surface area contributed by atoms with Crippen molar-refractivity contribution in [2.75, 3.05) is 56.9 Å². The molecule has 8 heteroatoms. The SMILES string of the molecule is Cc1cnc(Nc2ccc(CN3CCN(C)CC3)cc2)nc1Nc1ccccc1C(=O)N1CCCC1. The summed E-state index contributed by atoms with van der Waals surface area (Å²) in [7, 11) is 2.18. The lowest BCUT2D eigenvalue weighted by molar-refractivity contribution is 0.0794. The molecule has 3 heterocycles. The molecule has 1 amide bonds. The minimum atomic E-state index is 0.0670. The first-order valence-corrected chi connectivity index (χ1v) is 12.8. The lowest BCUT2D eigenvalue weighted by Gasteiger charge is -2.32. The van der Waals surface area contributed by atoms with Gasteiger partial charge in [0, 0.05) is 63.3 Å². The molecular formula is C28H35N7O. The number of carbonyl (C=O) groups is 1. The summed E-state index contributed by atoms with van der Waals surface area (Å²) >= 11 is 0. The maximum atomic E-state index is 13.1. The molecule has 5 rings (SSSR count). The van der Waals surface area contributed by atoms with E-state index in [1.165, 1.54) is 5.56 Å². The highest BCUT2D eigenvalue weighted by Gasteiger charge is 2.22. The number of hydrogen-bond donors (Lipinski definition) is 2. The van der Waals surface area contributed by atoms with Crippen molar-refractivity contribution in [1.29, 1.82) is 0 Å². The second-order valence-corrected chi connectivity index (χ2v) is 9.80. The first-order chi connectivity index (χ1) is 17.5. The van der Waals surface area contributed by atoms with Gasteiger partial charge in [0.25, 0.3) is 5.91 Å². The number of anilines is 4. The molecule has 0 atom stereocenters. The molecule has 0 unspecified atom stereocenters. The fraction of sp³-hybridized carbons (Fsp3) is 0.393. The Hall–Kier alpha value is -3.49. The van der Waals surface area contributed by atoms with Gasteiger partial charge in [-0.25, -0.2) is 4.98 Å². The molecule has 0 radical (unpaired) electrons. The predicted molar refractivity (Wildman–Crippen MR) is 144 cm³/mol. The lowest BCUT2D eigenvalue weighted by Crippen LogP contribution is -2.43. The van der Waals surface area contributed by atoms with Gasteiger partial charge in [0.1, 0.15) is 5.82 Å². The fourth-order valence-electron chi connectivity index (χ4n) is 4.71. The number of aromatic nitrogens is 2. The highest BCUT2D eigenvalue weighted by molar-refractivity contribution is 6.00. The van der Waals surface area contributed by atoms with Crippen LogP contribution in [-0.4, -0.2) is 76.9 Å². The van der Waals surface area contributed by atoms with Gasteiger partial charge in [-0.2, -0.15) is 4.98 Å². The second kappa shape index (κ2) is 11.1. The number of hydrogen-bond acceptors (Lipinski definition) is 7. The third-order valence-corrected chi connectivity index (χ3v) is 6.99. The van der Waals surface area contributed by atoms with E-state index in [1.54, 1.807) is 6.20 Å². The molecule has 0 aliphatic carbocycles. The van der Waals surface area contributed by atoms with Crippen LogP contribution in [0, 0.1) is 6.92 Å². The molecular weight excluding hydrogens is 450 g/mol. The van der Waals surface area contributed by atoms with Crippen LogP contribution in [0.2, 0.25) is 0 Å². The Labute approximate surface area is 213 Å². The summed E-state index contributed by atoms with van der Waals surface area (Å²) in [5.41, 5.74) is 4.58. The zero-order valence-electron chi connectivity index (χ0n) is 21.2. The van der Waals surface area contributed by atoms with E-state index in [0.717, 1.165) is 75.6 Å². The van der Waals surface area contributed by atoms with Crippen LogP contribution in [0.4, 0.5) is 23.1 Å². The number of nitrogens with zero attached hydrogens (tertiary/aromatic N) is 5. The van der Waals surface area contributed by atoms with Crippen molar-refractivity contribution < 1.29 is 4.79 Å². The molecule has 2 fully saturated rings. The molecule has 2 aliphatic rings. The molecule has 8 nitrogen and oxygen atoms in total. The number of rotatable bonds is 7. The quantitative estimate of drug-likeness (QED) is 0.518. The summed E-state index contributed by atoms with van der Waals surface area (Å²) in [5.74, 6) is 1.26. The van der Waals surface area contributed by atoms with Gasteiger partial charge in [0.2, 0.25) is 5.95 Å². The molecule has 1 aromatic heterocycles. The Morgan fingerprint density at radius 3 is 2.39 bits per heavy atom. The number of piperazine rings is 1. The maximum absolute atomic E-state index is 13.1. The number of aryl methyl sites for hydroxylation is 1. The zero-order valence-corrected chi connectivity index (χ0v) is 21.2. The molecule has 2 aromatic carbocycles. The van der Waals surface area contributed by atoms with Crippen molar-refractivity contribution in [2.45, 2.75) is 26.3 Å². The maximum Gasteiger partial charge on any atom is 0.255 e. The van der Waals surface area contributed by atoms with Crippen LogP contribution in [0.15, 0.2) is 54.7 Å². The normalized spacial score (nSPS) is 16.8. The summed E-state index contributed by atoms with van der Waals surface area (Å²) in [5, 5.41) is 6.70. The van der Waals surface area contributed by atoms with Gasteiger partial charge in [0.15, 0.2) is 0 Å². The lowest BCUT2D eigenvalue weighted by atomic mass is 10.1. The third kappa shape index (κ3) is 5.83. The molecule has 36 heavy (non-hydrogen) atoms. The summed E-state index contributed by atoms with van der Waals surface area (Å²) in [4.78, 5) is 29.0. The molecule has 0 bridgehead atoms. The van der Waals surface area contributed by atoms with Gasteiger partial charge in [0.05, 0.1) is 11.3 Å². The van der Waals surface area contributed by atoms with E-state index < -0.39 is 0 Å². The van der Waals surface area contributed by atoms with Crippen molar-refractivity contribution in [3.8, 4) is 0 Å². The Kier molecular flexibility index (Phi) is 7.44. The molecule has 2 N–H and O–H groups in total. The van der Waals surface area contributed by atoms with Crippen LogP contribution in [0.3, 0.4) is 0 Å². The van der Waals surface area contributed by atoms with Crippen molar-refractivity contribution in [3.63, 3.8) is 0 Å². The van der Waals surface area contributed by atoms with Crippen molar-refractivity contribution in [2.24, 2.45) is 0 Å². The van der Waals surface area contributed by atoms with E-state index >= 15 is 0 Å². The first kappa shape index (κ1) is 24.2. The topological polar surface area (TPSA) is 76.6 Å². The standard InChI is InChI=1S/C28H35N7O/c1-21-19-29-28(30-23-11-9-22(10-12-23)20-34-17-15-33(2)16-18-34)32-26(21)31-25-8-4-3-7-24(25)27(36)35-13-5-6-14-35/h3-4,7-12,19H,5-6,13-18,20H2,1-2H3,(H2,29,30,31,32). The van der Waals surface area contributed by atoms with E-state index in [0.29, 0.717) is 17.3 Å². The average molecular weight is 486 g/mol. The first-order valence-electron chi connectivity index (χ1n) is 12.8. The smallest absolute Gasteiger partial charge is 0.255 e. The van der Waals surface area contributed by atoms with E-state index in [-0.39, 0.29) is 5.91 Å². The number of likely N-dealkylation sites (N-methyl/N-ethyl adjacent to an activating group) is 1. The molecule has 3 aromatic rings. The van der Waals surface area contributed by atoms with E-state index in [4.69, 9.17) is 4.98 Å². The average Bonchev–Trinajstić information content (AvgIpc) is 3.44. The number of nitrogens with one attached hydrogen (secondary N) is 2.